The number of fused-ring (bicyclic) bond motifs is 1. The zero-order valence-electron chi connectivity index (χ0n) is 9.76. The van der Waals surface area contributed by atoms with Crippen LogP contribution in [-0.2, 0) is 0 Å². The van der Waals surface area contributed by atoms with Crippen molar-refractivity contribution < 1.29 is 4.79 Å². The molecule has 1 amide bonds. The Kier molecular flexibility index (Phi) is 3.19. The molecule has 0 saturated carbocycles. The first-order valence-electron chi connectivity index (χ1n) is 5.64. The van der Waals surface area contributed by atoms with Crippen molar-refractivity contribution in [3.63, 3.8) is 0 Å². The first-order chi connectivity index (χ1) is 9.22. The SMILES string of the molecule is O=C(Nc1ccc(Cl)nc1)c1cc2ccccc2s1. The van der Waals surface area contributed by atoms with Crippen LogP contribution in [0.1, 0.15) is 9.67 Å². The van der Waals surface area contributed by atoms with Crippen LogP contribution < -0.4 is 5.32 Å². The molecule has 3 rings (SSSR count). The Morgan fingerprint density at radius 2 is 2.05 bits per heavy atom. The van der Waals surface area contributed by atoms with E-state index in [1.54, 1.807) is 12.1 Å². The van der Waals surface area contributed by atoms with Crippen LogP contribution in [0.15, 0.2) is 48.7 Å². The summed E-state index contributed by atoms with van der Waals surface area (Å²) in [4.78, 5) is 16.7. The van der Waals surface area contributed by atoms with E-state index in [0.29, 0.717) is 15.7 Å². The van der Waals surface area contributed by atoms with Gasteiger partial charge in [0.1, 0.15) is 5.15 Å². The molecule has 1 N–H and O–H groups in total. The Labute approximate surface area is 118 Å². The standard InChI is InChI=1S/C14H9ClN2OS/c15-13-6-5-10(8-16-13)17-14(18)12-7-9-3-1-2-4-11(9)19-12/h1-8H,(H,17,18). The number of hydrogen-bond acceptors (Lipinski definition) is 3. The van der Waals surface area contributed by atoms with Crippen molar-refractivity contribution in [1.29, 1.82) is 0 Å². The molecular weight excluding hydrogens is 280 g/mol. The maximum Gasteiger partial charge on any atom is 0.265 e. The van der Waals surface area contributed by atoms with Crippen LogP contribution in [-0.4, -0.2) is 10.9 Å². The summed E-state index contributed by atoms with van der Waals surface area (Å²) < 4.78 is 1.10. The average Bonchev–Trinajstić information content (AvgIpc) is 2.85. The molecule has 5 heteroatoms. The molecule has 0 radical (unpaired) electrons. The largest absolute Gasteiger partial charge is 0.320 e. The number of hydrogen-bond donors (Lipinski definition) is 1. The van der Waals surface area contributed by atoms with Crippen molar-refractivity contribution in [1.82, 2.24) is 4.98 Å². The molecule has 0 aliphatic carbocycles. The van der Waals surface area contributed by atoms with Gasteiger partial charge >= 0.3 is 0 Å². The van der Waals surface area contributed by atoms with Crippen LogP contribution in [0.2, 0.25) is 5.15 Å². The van der Waals surface area contributed by atoms with E-state index >= 15 is 0 Å². The molecule has 3 nitrogen and oxygen atoms in total. The molecule has 0 aliphatic heterocycles. The van der Waals surface area contributed by atoms with Gasteiger partial charge in [0.15, 0.2) is 0 Å². The highest BCUT2D eigenvalue weighted by Crippen LogP contribution is 2.25. The summed E-state index contributed by atoms with van der Waals surface area (Å²) >= 11 is 7.17. The second-order valence-corrected chi connectivity index (χ2v) is 5.44. The lowest BCUT2D eigenvalue weighted by Crippen LogP contribution is -2.10. The van der Waals surface area contributed by atoms with Crippen molar-refractivity contribution in [3.05, 3.63) is 58.7 Å². The van der Waals surface area contributed by atoms with Crippen molar-refractivity contribution in [3.8, 4) is 0 Å². The number of amides is 1. The summed E-state index contributed by atoms with van der Waals surface area (Å²) in [5, 5.41) is 4.28. The number of rotatable bonds is 2. The van der Waals surface area contributed by atoms with E-state index in [2.05, 4.69) is 10.3 Å². The number of thiophene rings is 1. The van der Waals surface area contributed by atoms with Gasteiger partial charge in [-0.05, 0) is 29.7 Å². The molecule has 0 fully saturated rings. The highest BCUT2D eigenvalue weighted by atomic mass is 35.5. The van der Waals surface area contributed by atoms with Gasteiger partial charge in [-0.3, -0.25) is 4.79 Å². The summed E-state index contributed by atoms with van der Waals surface area (Å²) in [5.41, 5.74) is 0.631. The third-order valence-electron chi connectivity index (χ3n) is 2.63. The average molecular weight is 289 g/mol. The number of anilines is 1. The number of pyridine rings is 1. The van der Waals surface area contributed by atoms with Crippen LogP contribution >= 0.6 is 22.9 Å². The van der Waals surface area contributed by atoms with Gasteiger partial charge in [0.25, 0.3) is 5.91 Å². The van der Waals surface area contributed by atoms with E-state index in [1.807, 2.05) is 30.3 Å². The van der Waals surface area contributed by atoms with Gasteiger partial charge in [-0.2, -0.15) is 0 Å². The molecule has 0 spiro atoms. The van der Waals surface area contributed by atoms with Crippen LogP contribution in [0.25, 0.3) is 10.1 Å². The molecule has 2 aromatic heterocycles. The van der Waals surface area contributed by atoms with Crippen molar-refractivity contribution >= 4 is 44.6 Å². The number of carbonyl (C=O) groups is 1. The minimum absolute atomic E-state index is 0.134. The van der Waals surface area contributed by atoms with Gasteiger partial charge in [-0.15, -0.1) is 11.3 Å². The quantitative estimate of drug-likeness (QED) is 0.718. The second-order valence-electron chi connectivity index (χ2n) is 3.97. The van der Waals surface area contributed by atoms with Crippen molar-refractivity contribution in [2.75, 3.05) is 5.32 Å². The van der Waals surface area contributed by atoms with Gasteiger partial charge < -0.3 is 5.32 Å². The van der Waals surface area contributed by atoms with E-state index in [4.69, 9.17) is 11.6 Å². The Balaban J connectivity index is 1.85. The molecule has 0 unspecified atom stereocenters. The number of benzene rings is 1. The second kappa shape index (κ2) is 4.99. The summed E-state index contributed by atoms with van der Waals surface area (Å²) in [6.45, 7) is 0. The van der Waals surface area contributed by atoms with Gasteiger partial charge in [-0.25, -0.2) is 4.98 Å². The third kappa shape index (κ3) is 2.59. The Morgan fingerprint density at radius 3 is 2.79 bits per heavy atom. The first kappa shape index (κ1) is 12.1. The summed E-state index contributed by atoms with van der Waals surface area (Å²) in [7, 11) is 0. The van der Waals surface area contributed by atoms with Gasteiger partial charge in [0, 0.05) is 4.70 Å². The number of carbonyl (C=O) groups excluding carboxylic acids is 1. The Morgan fingerprint density at radius 1 is 1.21 bits per heavy atom. The van der Waals surface area contributed by atoms with Crippen molar-refractivity contribution in [2.24, 2.45) is 0 Å². The van der Waals surface area contributed by atoms with Gasteiger partial charge in [0.05, 0.1) is 16.8 Å². The molecule has 1 aromatic carbocycles. The Hall–Kier alpha value is -1.91. The molecule has 0 saturated heterocycles. The summed E-state index contributed by atoms with van der Waals surface area (Å²) in [5.74, 6) is -0.134. The lowest BCUT2D eigenvalue weighted by Gasteiger charge is -2.02. The zero-order valence-corrected chi connectivity index (χ0v) is 11.3. The molecule has 0 bridgehead atoms. The van der Waals surface area contributed by atoms with E-state index in [1.165, 1.54) is 17.5 Å². The predicted octanol–water partition coefficient (Wildman–Crippen LogP) is 4.20. The minimum atomic E-state index is -0.134. The lowest BCUT2D eigenvalue weighted by molar-refractivity contribution is 0.103. The van der Waals surface area contributed by atoms with Crippen LogP contribution in [0.3, 0.4) is 0 Å². The van der Waals surface area contributed by atoms with E-state index in [-0.39, 0.29) is 5.91 Å². The van der Waals surface area contributed by atoms with Crippen molar-refractivity contribution in [2.45, 2.75) is 0 Å². The molecule has 0 aliphatic rings. The highest BCUT2D eigenvalue weighted by molar-refractivity contribution is 7.20. The van der Waals surface area contributed by atoms with Crippen LogP contribution in [0, 0.1) is 0 Å². The maximum atomic E-state index is 12.1. The highest BCUT2D eigenvalue weighted by Gasteiger charge is 2.10. The lowest BCUT2D eigenvalue weighted by atomic mass is 10.2. The normalized spacial score (nSPS) is 10.6. The fraction of sp³-hybridized carbons (Fsp3) is 0. The zero-order chi connectivity index (χ0) is 13.2. The number of halogens is 1. The Bertz CT molecular complexity index is 704. The summed E-state index contributed by atoms with van der Waals surface area (Å²) in [6, 6.07) is 13.2. The molecular formula is C14H9ClN2OS. The van der Waals surface area contributed by atoms with E-state index in [0.717, 1.165) is 10.1 Å². The number of nitrogens with zero attached hydrogens (tertiary/aromatic N) is 1. The predicted molar refractivity (Wildman–Crippen MR) is 79.0 cm³/mol. The monoisotopic (exact) mass is 288 g/mol. The minimum Gasteiger partial charge on any atom is -0.320 e. The fourth-order valence-electron chi connectivity index (χ4n) is 1.74. The molecule has 0 atom stereocenters. The number of aromatic nitrogens is 1. The fourth-order valence-corrected chi connectivity index (χ4v) is 2.81. The first-order valence-corrected chi connectivity index (χ1v) is 6.83. The molecule has 19 heavy (non-hydrogen) atoms. The molecule has 94 valence electrons. The topological polar surface area (TPSA) is 42.0 Å². The van der Waals surface area contributed by atoms with E-state index in [9.17, 15) is 4.79 Å². The van der Waals surface area contributed by atoms with Crippen LogP contribution in [0.5, 0.6) is 0 Å². The summed E-state index contributed by atoms with van der Waals surface area (Å²) in [6.07, 6.45) is 1.54. The number of nitrogens with one attached hydrogen (secondary N) is 1. The smallest absolute Gasteiger partial charge is 0.265 e. The van der Waals surface area contributed by atoms with E-state index < -0.39 is 0 Å². The third-order valence-corrected chi connectivity index (χ3v) is 3.97. The van der Waals surface area contributed by atoms with Gasteiger partial charge in [0.2, 0.25) is 0 Å². The van der Waals surface area contributed by atoms with Gasteiger partial charge in [-0.1, -0.05) is 29.8 Å². The molecule has 3 aromatic rings. The van der Waals surface area contributed by atoms with Crippen LogP contribution in [0.4, 0.5) is 5.69 Å². The molecule has 2 heterocycles. The maximum absolute atomic E-state index is 12.1.